The van der Waals surface area contributed by atoms with E-state index in [4.69, 9.17) is 11.5 Å². The molecule has 2 aromatic rings. The molecular weight excluding hydrogens is 254 g/mol. The van der Waals surface area contributed by atoms with E-state index in [9.17, 15) is 4.79 Å². The minimum absolute atomic E-state index is 0.0763. The van der Waals surface area contributed by atoms with E-state index >= 15 is 0 Å². The van der Waals surface area contributed by atoms with E-state index in [0.717, 1.165) is 11.1 Å². The Bertz CT molecular complexity index is 614. The summed E-state index contributed by atoms with van der Waals surface area (Å²) < 4.78 is 0. The molecule has 0 radical (unpaired) electrons. The number of nitrogen functional groups attached to an aromatic ring is 1. The molecule has 1 aromatic heterocycles. The highest BCUT2D eigenvalue weighted by molar-refractivity contribution is 5.79. The maximum absolute atomic E-state index is 11.2. The Labute approximate surface area is 117 Å². The van der Waals surface area contributed by atoms with Crippen LogP contribution in [0.1, 0.15) is 11.1 Å². The number of nitrogens with two attached hydrogens (primary N) is 2. The number of nitrogens with zero attached hydrogens (tertiary/aromatic N) is 3. The second-order valence-corrected chi connectivity index (χ2v) is 4.66. The molecule has 6 heteroatoms. The largest absolute Gasteiger partial charge is 0.399 e. The van der Waals surface area contributed by atoms with Gasteiger partial charge >= 0.3 is 0 Å². The highest BCUT2D eigenvalue weighted by Gasteiger charge is 2.12. The van der Waals surface area contributed by atoms with Gasteiger partial charge < -0.3 is 16.4 Å². The predicted octanol–water partition coefficient (Wildman–Crippen LogP) is 0.859. The number of hydrogen-bond donors (Lipinski definition) is 2. The average molecular weight is 271 g/mol. The fourth-order valence-electron chi connectivity index (χ4n) is 1.92. The SMILES string of the molecule is Cc1cnnc(N(CC(N)=O)Cc2cccc(N)c2)c1. The first-order valence-electron chi connectivity index (χ1n) is 6.21. The molecule has 0 aliphatic carbocycles. The first kappa shape index (κ1) is 13.8. The summed E-state index contributed by atoms with van der Waals surface area (Å²) in [6.45, 7) is 2.49. The first-order chi connectivity index (χ1) is 9.54. The summed E-state index contributed by atoms with van der Waals surface area (Å²) in [5, 5.41) is 7.95. The van der Waals surface area contributed by atoms with E-state index in [0.29, 0.717) is 18.1 Å². The minimum Gasteiger partial charge on any atom is -0.399 e. The summed E-state index contributed by atoms with van der Waals surface area (Å²) in [6.07, 6.45) is 1.66. The Balaban J connectivity index is 2.26. The molecule has 0 spiro atoms. The Kier molecular flexibility index (Phi) is 4.14. The van der Waals surface area contributed by atoms with Gasteiger partial charge in [-0.2, -0.15) is 5.10 Å². The van der Waals surface area contributed by atoms with Crippen LogP contribution in [-0.4, -0.2) is 22.6 Å². The molecule has 1 aromatic carbocycles. The molecule has 0 unspecified atom stereocenters. The second-order valence-electron chi connectivity index (χ2n) is 4.66. The van der Waals surface area contributed by atoms with Crippen molar-refractivity contribution >= 4 is 17.4 Å². The number of rotatable bonds is 5. The molecule has 0 aliphatic heterocycles. The van der Waals surface area contributed by atoms with Crippen molar-refractivity contribution in [3.8, 4) is 0 Å². The third-order valence-corrected chi connectivity index (χ3v) is 2.77. The van der Waals surface area contributed by atoms with Crippen molar-refractivity contribution in [2.45, 2.75) is 13.5 Å². The summed E-state index contributed by atoms with van der Waals surface area (Å²) in [5.41, 5.74) is 13.7. The van der Waals surface area contributed by atoms with Gasteiger partial charge in [0.2, 0.25) is 5.91 Å². The smallest absolute Gasteiger partial charge is 0.237 e. The molecule has 1 heterocycles. The van der Waals surface area contributed by atoms with Crippen molar-refractivity contribution < 1.29 is 4.79 Å². The van der Waals surface area contributed by atoms with Crippen LogP contribution in [0.3, 0.4) is 0 Å². The summed E-state index contributed by atoms with van der Waals surface area (Å²) in [5.74, 6) is 0.198. The van der Waals surface area contributed by atoms with Crippen LogP contribution in [0.5, 0.6) is 0 Å². The van der Waals surface area contributed by atoms with Gasteiger partial charge in [-0.05, 0) is 36.2 Å². The van der Waals surface area contributed by atoms with Gasteiger partial charge in [0.25, 0.3) is 0 Å². The quantitative estimate of drug-likeness (QED) is 0.786. The molecule has 2 rings (SSSR count). The minimum atomic E-state index is -0.419. The number of benzene rings is 1. The maximum Gasteiger partial charge on any atom is 0.237 e. The number of carbonyl (C=O) groups excluding carboxylic acids is 1. The number of aryl methyl sites for hydroxylation is 1. The zero-order valence-electron chi connectivity index (χ0n) is 11.3. The van der Waals surface area contributed by atoms with Crippen LogP contribution in [0.15, 0.2) is 36.5 Å². The summed E-state index contributed by atoms with van der Waals surface area (Å²) in [4.78, 5) is 13.0. The highest BCUT2D eigenvalue weighted by atomic mass is 16.1. The zero-order chi connectivity index (χ0) is 14.5. The van der Waals surface area contributed by atoms with Crippen molar-refractivity contribution in [2.24, 2.45) is 5.73 Å². The Morgan fingerprint density at radius 2 is 2.15 bits per heavy atom. The number of primary amides is 1. The molecular formula is C14H17N5O. The van der Waals surface area contributed by atoms with Crippen LogP contribution >= 0.6 is 0 Å². The van der Waals surface area contributed by atoms with Crippen LogP contribution in [0, 0.1) is 6.92 Å². The molecule has 0 saturated heterocycles. The topological polar surface area (TPSA) is 98.1 Å². The highest BCUT2D eigenvalue weighted by Crippen LogP contribution is 2.16. The van der Waals surface area contributed by atoms with E-state index in [-0.39, 0.29) is 6.54 Å². The lowest BCUT2D eigenvalue weighted by Crippen LogP contribution is -2.34. The Morgan fingerprint density at radius 1 is 1.35 bits per heavy atom. The molecule has 20 heavy (non-hydrogen) atoms. The molecule has 1 amide bonds. The maximum atomic E-state index is 11.2. The molecule has 0 saturated carbocycles. The molecule has 0 aliphatic rings. The number of carbonyl (C=O) groups is 1. The molecule has 6 nitrogen and oxygen atoms in total. The van der Waals surface area contributed by atoms with E-state index in [1.54, 1.807) is 11.1 Å². The third-order valence-electron chi connectivity index (χ3n) is 2.77. The number of anilines is 2. The van der Waals surface area contributed by atoms with Crippen LogP contribution in [0.4, 0.5) is 11.5 Å². The number of amides is 1. The van der Waals surface area contributed by atoms with Crippen LogP contribution < -0.4 is 16.4 Å². The summed E-state index contributed by atoms with van der Waals surface area (Å²) in [7, 11) is 0. The van der Waals surface area contributed by atoms with Crippen molar-refractivity contribution in [1.29, 1.82) is 0 Å². The predicted molar refractivity (Wildman–Crippen MR) is 77.9 cm³/mol. The van der Waals surface area contributed by atoms with Gasteiger partial charge in [-0.15, -0.1) is 5.10 Å². The third kappa shape index (κ3) is 3.68. The first-order valence-corrected chi connectivity index (χ1v) is 6.21. The van der Waals surface area contributed by atoms with Gasteiger partial charge in [-0.3, -0.25) is 4.79 Å². The van der Waals surface area contributed by atoms with Gasteiger partial charge in [-0.1, -0.05) is 12.1 Å². The summed E-state index contributed by atoms with van der Waals surface area (Å²) in [6, 6.07) is 9.34. The van der Waals surface area contributed by atoms with E-state index < -0.39 is 5.91 Å². The van der Waals surface area contributed by atoms with Crippen LogP contribution in [0.25, 0.3) is 0 Å². The van der Waals surface area contributed by atoms with E-state index in [1.165, 1.54) is 0 Å². The van der Waals surface area contributed by atoms with Crippen molar-refractivity contribution in [1.82, 2.24) is 10.2 Å². The molecule has 104 valence electrons. The lowest BCUT2D eigenvalue weighted by Gasteiger charge is -2.22. The molecule has 4 N–H and O–H groups in total. The van der Waals surface area contributed by atoms with Crippen LogP contribution in [0.2, 0.25) is 0 Å². The van der Waals surface area contributed by atoms with Gasteiger partial charge in [-0.25, -0.2) is 0 Å². The number of aromatic nitrogens is 2. The Hall–Kier alpha value is -2.63. The lowest BCUT2D eigenvalue weighted by atomic mass is 10.2. The van der Waals surface area contributed by atoms with Gasteiger partial charge in [0.05, 0.1) is 12.7 Å². The van der Waals surface area contributed by atoms with Gasteiger partial charge in [0.1, 0.15) is 0 Å². The van der Waals surface area contributed by atoms with E-state index in [2.05, 4.69) is 10.2 Å². The fourth-order valence-corrected chi connectivity index (χ4v) is 1.92. The van der Waals surface area contributed by atoms with Gasteiger partial charge in [0.15, 0.2) is 5.82 Å². The molecule has 0 bridgehead atoms. The van der Waals surface area contributed by atoms with E-state index in [1.807, 2.05) is 37.3 Å². The summed E-state index contributed by atoms with van der Waals surface area (Å²) >= 11 is 0. The average Bonchev–Trinajstić information content (AvgIpc) is 2.37. The van der Waals surface area contributed by atoms with Gasteiger partial charge in [0, 0.05) is 12.2 Å². The monoisotopic (exact) mass is 271 g/mol. The second kappa shape index (κ2) is 6.01. The van der Waals surface area contributed by atoms with Crippen molar-refractivity contribution in [3.05, 3.63) is 47.7 Å². The molecule has 0 fully saturated rings. The van der Waals surface area contributed by atoms with Crippen molar-refractivity contribution in [2.75, 3.05) is 17.2 Å². The van der Waals surface area contributed by atoms with Crippen LogP contribution in [-0.2, 0) is 11.3 Å². The van der Waals surface area contributed by atoms with Crippen molar-refractivity contribution in [3.63, 3.8) is 0 Å². The standard InChI is InChI=1S/C14H17N5O/c1-10-5-14(18-17-7-10)19(9-13(16)20)8-11-3-2-4-12(15)6-11/h2-7H,8-9,15H2,1H3,(H2,16,20). The lowest BCUT2D eigenvalue weighted by molar-refractivity contribution is -0.116. The normalized spacial score (nSPS) is 10.2. The Morgan fingerprint density at radius 3 is 2.80 bits per heavy atom. The zero-order valence-corrected chi connectivity index (χ0v) is 11.3. The number of hydrogen-bond acceptors (Lipinski definition) is 5. The molecule has 0 atom stereocenters. The fraction of sp³-hybridized carbons (Fsp3) is 0.214.